The molecule has 0 saturated heterocycles. The molecular formula is C30H28N2O8S. The highest BCUT2D eigenvalue weighted by Gasteiger charge is 2.47. The van der Waals surface area contributed by atoms with Crippen molar-refractivity contribution in [3.8, 4) is 17.2 Å². The van der Waals surface area contributed by atoms with Crippen molar-refractivity contribution in [1.29, 1.82) is 0 Å². The fourth-order valence-corrected chi connectivity index (χ4v) is 5.83. The molecule has 41 heavy (non-hydrogen) atoms. The number of nitrogens with zero attached hydrogens (tertiary/aromatic N) is 2. The Balaban J connectivity index is 1.69. The number of amides is 1. The third-order valence-electron chi connectivity index (χ3n) is 6.60. The molecule has 2 aromatic heterocycles. The van der Waals surface area contributed by atoms with E-state index in [0.717, 1.165) is 11.3 Å². The highest BCUT2D eigenvalue weighted by atomic mass is 32.1. The number of Topliss-reactive ketones (excluding diaryl/α,β-unsaturated/α-hetero) is 2. The summed E-state index contributed by atoms with van der Waals surface area (Å²) in [7, 11) is 1.49. The number of anilines is 1. The van der Waals surface area contributed by atoms with Crippen LogP contribution in [-0.2, 0) is 4.79 Å². The maximum absolute atomic E-state index is 14.0. The van der Waals surface area contributed by atoms with Gasteiger partial charge in [0, 0.05) is 12.3 Å². The number of benzene rings is 2. The van der Waals surface area contributed by atoms with Crippen molar-refractivity contribution in [2.75, 3.05) is 25.2 Å². The molecule has 1 aliphatic rings. The number of aryl methyl sites for hydroxylation is 1. The van der Waals surface area contributed by atoms with Crippen LogP contribution in [0.4, 0.5) is 5.13 Å². The highest BCUT2D eigenvalue weighted by molar-refractivity contribution is 7.17. The van der Waals surface area contributed by atoms with Crippen molar-refractivity contribution in [1.82, 2.24) is 4.98 Å². The van der Waals surface area contributed by atoms with Gasteiger partial charge in [-0.2, -0.15) is 0 Å². The third kappa shape index (κ3) is 4.82. The van der Waals surface area contributed by atoms with Crippen molar-refractivity contribution >= 4 is 44.9 Å². The highest BCUT2D eigenvalue weighted by Crippen LogP contribution is 2.46. The van der Waals surface area contributed by atoms with Crippen LogP contribution in [0.25, 0.3) is 11.0 Å². The molecule has 4 aromatic rings. The SMILES string of the molecule is CCOc1ccc(C2C(C(=O)c3cc4cccc(OC)c4o3)=C(O)C(=O)N2c2nc(C)c(C(C)=O)s2)cc1OCC. The molecule has 11 heteroatoms. The van der Waals surface area contributed by atoms with Crippen LogP contribution in [0.2, 0.25) is 0 Å². The third-order valence-corrected chi connectivity index (χ3v) is 7.86. The van der Waals surface area contributed by atoms with Crippen LogP contribution in [0.1, 0.15) is 58.3 Å². The van der Waals surface area contributed by atoms with Gasteiger partial charge in [0.05, 0.1) is 42.5 Å². The predicted molar refractivity (Wildman–Crippen MR) is 153 cm³/mol. The minimum absolute atomic E-state index is 0.0820. The number of hydrogen-bond acceptors (Lipinski definition) is 10. The largest absolute Gasteiger partial charge is 0.503 e. The van der Waals surface area contributed by atoms with Crippen molar-refractivity contribution in [3.05, 3.63) is 75.7 Å². The molecule has 0 saturated carbocycles. The van der Waals surface area contributed by atoms with Gasteiger partial charge in [-0.1, -0.05) is 29.5 Å². The van der Waals surface area contributed by atoms with Gasteiger partial charge < -0.3 is 23.7 Å². The summed E-state index contributed by atoms with van der Waals surface area (Å²) in [6.45, 7) is 7.49. The average Bonchev–Trinajstić information content (AvgIpc) is 3.63. The van der Waals surface area contributed by atoms with E-state index in [-0.39, 0.29) is 22.2 Å². The normalized spacial score (nSPS) is 15.1. The number of fused-ring (bicyclic) bond motifs is 1. The number of aromatic nitrogens is 1. The Labute approximate surface area is 239 Å². The molecule has 0 fully saturated rings. The number of ketones is 2. The number of rotatable bonds is 10. The Bertz CT molecular complexity index is 1720. The molecule has 3 heterocycles. The monoisotopic (exact) mass is 576 g/mol. The zero-order valence-electron chi connectivity index (χ0n) is 23.1. The van der Waals surface area contributed by atoms with E-state index in [4.69, 9.17) is 18.6 Å². The van der Waals surface area contributed by atoms with E-state index in [1.165, 1.54) is 25.0 Å². The first-order valence-electron chi connectivity index (χ1n) is 13.0. The second kappa shape index (κ2) is 11.1. The molecular weight excluding hydrogens is 548 g/mol. The predicted octanol–water partition coefficient (Wildman–Crippen LogP) is 5.99. The fraction of sp³-hybridized carbons (Fsp3) is 0.267. The lowest BCUT2D eigenvalue weighted by Gasteiger charge is -2.25. The van der Waals surface area contributed by atoms with Crippen molar-refractivity contribution in [3.63, 3.8) is 0 Å². The Hall–Kier alpha value is -4.64. The molecule has 0 spiro atoms. The number of thiazole rings is 1. The number of carbonyl (C=O) groups is 3. The molecule has 0 aliphatic carbocycles. The first kappa shape index (κ1) is 27.9. The molecule has 212 valence electrons. The van der Waals surface area contributed by atoms with Crippen LogP contribution in [0.5, 0.6) is 17.2 Å². The van der Waals surface area contributed by atoms with E-state index in [1.54, 1.807) is 43.3 Å². The first-order valence-corrected chi connectivity index (χ1v) is 13.8. The summed E-state index contributed by atoms with van der Waals surface area (Å²) in [6, 6.07) is 10.7. The fourth-order valence-electron chi connectivity index (χ4n) is 4.84. The molecule has 1 unspecified atom stereocenters. The summed E-state index contributed by atoms with van der Waals surface area (Å²) in [4.78, 5) is 45.9. The Morgan fingerprint density at radius 1 is 1.07 bits per heavy atom. The molecule has 10 nitrogen and oxygen atoms in total. The number of aliphatic hydroxyl groups excluding tert-OH is 1. The van der Waals surface area contributed by atoms with E-state index in [2.05, 4.69) is 4.98 Å². The van der Waals surface area contributed by atoms with Crippen LogP contribution in [0.3, 0.4) is 0 Å². The molecule has 1 atom stereocenters. The average molecular weight is 577 g/mol. The molecule has 1 amide bonds. The number of carbonyl (C=O) groups excluding carboxylic acids is 3. The number of hydrogen-bond donors (Lipinski definition) is 1. The van der Waals surface area contributed by atoms with E-state index in [0.29, 0.717) is 57.6 Å². The van der Waals surface area contributed by atoms with Crippen molar-refractivity contribution in [2.45, 2.75) is 33.7 Å². The summed E-state index contributed by atoms with van der Waals surface area (Å²) in [5.74, 6) is -1.22. The molecule has 1 N–H and O–H groups in total. The number of para-hydroxylation sites is 1. The zero-order chi connectivity index (χ0) is 29.4. The standard InChI is InChI=1S/C30H28N2O8S/c1-6-38-19-12-11-17(13-21(19)39-7-2)24-23(25(34)22-14-18-9-8-10-20(37-5)27(18)40-22)26(35)29(36)32(24)30-31-15(3)28(41-30)16(4)33/h8-14,24,35H,6-7H2,1-5H3. The van der Waals surface area contributed by atoms with Gasteiger partial charge in [0.15, 0.2) is 45.3 Å². The van der Waals surface area contributed by atoms with Gasteiger partial charge >= 0.3 is 0 Å². The molecule has 0 radical (unpaired) electrons. The topological polar surface area (TPSA) is 128 Å². The van der Waals surface area contributed by atoms with Gasteiger partial charge in [-0.05, 0) is 50.6 Å². The van der Waals surface area contributed by atoms with Gasteiger partial charge in [-0.3, -0.25) is 19.3 Å². The van der Waals surface area contributed by atoms with Gasteiger partial charge in [0.2, 0.25) is 5.78 Å². The van der Waals surface area contributed by atoms with Crippen molar-refractivity contribution < 1.29 is 38.1 Å². The van der Waals surface area contributed by atoms with E-state index in [9.17, 15) is 19.5 Å². The summed E-state index contributed by atoms with van der Waals surface area (Å²) >= 11 is 1.01. The minimum atomic E-state index is -1.11. The number of aliphatic hydroxyl groups is 1. The Kier molecular flexibility index (Phi) is 7.55. The number of ether oxygens (including phenoxy) is 3. The lowest BCUT2D eigenvalue weighted by Crippen LogP contribution is -2.31. The Morgan fingerprint density at radius 3 is 2.46 bits per heavy atom. The maximum atomic E-state index is 14.0. The van der Waals surface area contributed by atoms with E-state index in [1.807, 2.05) is 13.8 Å². The quantitative estimate of drug-likeness (QED) is 0.226. The summed E-state index contributed by atoms with van der Waals surface area (Å²) in [6.07, 6.45) is 0. The second-order valence-corrected chi connectivity index (χ2v) is 10.2. The minimum Gasteiger partial charge on any atom is -0.503 e. The Morgan fingerprint density at radius 2 is 1.80 bits per heavy atom. The smallest absolute Gasteiger partial charge is 0.296 e. The first-order chi connectivity index (χ1) is 19.7. The van der Waals surface area contributed by atoms with Gasteiger partial charge in [-0.15, -0.1) is 0 Å². The zero-order valence-corrected chi connectivity index (χ0v) is 24.0. The number of methoxy groups -OCH3 is 1. The lowest BCUT2D eigenvalue weighted by atomic mass is 9.95. The maximum Gasteiger partial charge on any atom is 0.296 e. The summed E-state index contributed by atoms with van der Waals surface area (Å²) in [5, 5.41) is 12.0. The second-order valence-electron chi connectivity index (χ2n) is 9.20. The van der Waals surface area contributed by atoms with Gasteiger partial charge in [0.1, 0.15) is 0 Å². The van der Waals surface area contributed by atoms with Crippen LogP contribution in [-0.4, -0.2) is 47.9 Å². The van der Waals surface area contributed by atoms with E-state index >= 15 is 0 Å². The van der Waals surface area contributed by atoms with Crippen LogP contribution >= 0.6 is 11.3 Å². The van der Waals surface area contributed by atoms with Gasteiger partial charge in [-0.25, -0.2) is 4.98 Å². The molecule has 5 rings (SSSR count). The van der Waals surface area contributed by atoms with Crippen LogP contribution in [0.15, 0.2) is 58.2 Å². The van der Waals surface area contributed by atoms with E-state index < -0.39 is 23.5 Å². The summed E-state index contributed by atoms with van der Waals surface area (Å²) < 4.78 is 22.7. The lowest BCUT2D eigenvalue weighted by molar-refractivity contribution is -0.117. The molecule has 0 bridgehead atoms. The van der Waals surface area contributed by atoms with Crippen LogP contribution in [0, 0.1) is 6.92 Å². The molecule has 1 aliphatic heterocycles. The van der Waals surface area contributed by atoms with Crippen LogP contribution < -0.4 is 19.1 Å². The number of furan rings is 1. The summed E-state index contributed by atoms with van der Waals surface area (Å²) in [5.41, 5.74) is 1.06. The molecule has 2 aromatic carbocycles. The van der Waals surface area contributed by atoms with Gasteiger partial charge in [0.25, 0.3) is 5.91 Å². The van der Waals surface area contributed by atoms with Crippen molar-refractivity contribution in [2.24, 2.45) is 0 Å².